The average Bonchev–Trinajstić information content (AvgIpc) is 2.80. The van der Waals surface area contributed by atoms with Crippen LogP contribution in [0.15, 0.2) is 47.6 Å². The quantitative estimate of drug-likeness (QED) is 0.869. The molecular formula is C12H14N2O2S. The summed E-state index contributed by atoms with van der Waals surface area (Å²) in [4.78, 5) is 3.21. The Morgan fingerprint density at radius 3 is 2.65 bits per heavy atom. The number of hydrogen-bond donors (Lipinski definition) is 2. The number of hydrogen-bond acceptors (Lipinski definition) is 2. The monoisotopic (exact) mass is 250 g/mol. The zero-order valence-corrected chi connectivity index (χ0v) is 10.3. The highest BCUT2D eigenvalue weighted by atomic mass is 32.2. The third-order valence-electron chi connectivity index (χ3n) is 2.51. The predicted molar refractivity (Wildman–Crippen MR) is 66.0 cm³/mol. The van der Waals surface area contributed by atoms with Crippen molar-refractivity contribution >= 4 is 10.0 Å². The van der Waals surface area contributed by atoms with Crippen LogP contribution in [-0.2, 0) is 16.6 Å². The Kier molecular flexibility index (Phi) is 3.31. The second-order valence-electron chi connectivity index (χ2n) is 3.81. The van der Waals surface area contributed by atoms with Crippen LogP contribution >= 0.6 is 0 Å². The van der Waals surface area contributed by atoms with E-state index in [1.165, 1.54) is 0 Å². The highest BCUT2D eigenvalue weighted by Crippen LogP contribution is 2.14. The summed E-state index contributed by atoms with van der Waals surface area (Å²) in [5, 5.41) is 0. The number of aryl methyl sites for hydroxylation is 1. The van der Waals surface area contributed by atoms with Crippen LogP contribution in [0.1, 0.15) is 11.1 Å². The van der Waals surface area contributed by atoms with Crippen LogP contribution in [0.5, 0.6) is 0 Å². The van der Waals surface area contributed by atoms with E-state index < -0.39 is 10.0 Å². The molecule has 2 N–H and O–H groups in total. The van der Waals surface area contributed by atoms with Gasteiger partial charge >= 0.3 is 0 Å². The summed E-state index contributed by atoms with van der Waals surface area (Å²) in [7, 11) is -3.43. The van der Waals surface area contributed by atoms with Crippen molar-refractivity contribution in [2.75, 3.05) is 0 Å². The van der Waals surface area contributed by atoms with E-state index in [1.54, 1.807) is 37.5 Å². The van der Waals surface area contributed by atoms with Gasteiger partial charge in [0.15, 0.2) is 0 Å². The number of H-pyrrole nitrogens is 1. The lowest BCUT2D eigenvalue weighted by atomic mass is 10.2. The maximum atomic E-state index is 12.0. The third-order valence-corrected chi connectivity index (χ3v) is 4.07. The van der Waals surface area contributed by atoms with Gasteiger partial charge in [-0.2, -0.15) is 0 Å². The SMILES string of the molecule is Cc1ccccc1S(=O)(=O)NCc1cc[nH]c1. The van der Waals surface area contributed by atoms with Gasteiger partial charge in [-0.3, -0.25) is 0 Å². The van der Waals surface area contributed by atoms with Gasteiger partial charge in [0, 0.05) is 18.9 Å². The van der Waals surface area contributed by atoms with Crippen LogP contribution in [0, 0.1) is 6.92 Å². The fourth-order valence-corrected chi connectivity index (χ4v) is 2.84. The van der Waals surface area contributed by atoms with Gasteiger partial charge in [0.1, 0.15) is 0 Å². The topological polar surface area (TPSA) is 62.0 Å². The molecule has 0 unspecified atom stereocenters. The lowest BCUT2D eigenvalue weighted by Crippen LogP contribution is -2.23. The molecule has 5 heteroatoms. The van der Waals surface area contributed by atoms with Crippen LogP contribution in [0.25, 0.3) is 0 Å². The van der Waals surface area contributed by atoms with Gasteiger partial charge in [-0.15, -0.1) is 0 Å². The van der Waals surface area contributed by atoms with E-state index in [-0.39, 0.29) is 0 Å². The third kappa shape index (κ3) is 2.75. The first-order valence-electron chi connectivity index (χ1n) is 5.26. The van der Waals surface area contributed by atoms with Gasteiger partial charge in [0.2, 0.25) is 10.0 Å². The Morgan fingerprint density at radius 1 is 1.24 bits per heavy atom. The van der Waals surface area contributed by atoms with Crippen molar-refractivity contribution in [1.29, 1.82) is 0 Å². The van der Waals surface area contributed by atoms with Crippen molar-refractivity contribution in [3.05, 3.63) is 53.9 Å². The van der Waals surface area contributed by atoms with Crippen molar-refractivity contribution in [2.45, 2.75) is 18.4 Å². The molecule has 2 aromatic rings. The minimum Gasteiger partial charge on any atom is -0.367 e. The molecule has 0 saturated carbocycles. The smallest absolute Gasteiger partial charge is 0.241 e. The minimum absolute atomic E-state index is 0.292. The highest BCUT2D eigenvalue weighted by molar-refractivity contribution is 7.89. The molecule has 17 heavy (non-hydrogen) atoms. The predicted octanol–water partition coefficient (Wildman–Crippen LogP) is 1.80. The van der Waals surface area contributed by atoms with Crippen LogP contribution in [0.3, 0.4) is 0 Å². The number of sulfonamides is 1. The zero-order valence-electron chi connectivity index (χ0n) is 9.47. The number of rotatable bonds is 4. The van der Waals surface area contributed by atoms with Gasteiger partial charge in [-0.05, 0) is 30.2 Å². The van der Waals surface area contributed by atoms with Gasteiger partial charge in [-0.25, -0.2) is 13.1 Å². The van der Waals surface area contributed by atoms with Crippen molar-refractivity contribution in [3.63, 3.8) is 0 Å². The van der Waals surface area contributed by atoms with Gasteiger partial charge in [-0.1, -0.05) is 18.2 Å². The summed E-state index contributed by atoms with van der Waals surface area (Å²) in [5.74, 6) is 0. The van der Waals surface area contributed by atoms with E-state index >= 15 is 0 Å². The zero-order chi connectivity index (χ0) is 12.3. The maximum Gasteiger partial charge on any atom is 0.241 e. The van der Waals surface area contributed by atoms with Crippen LogP contribution in [-0.4, -0.2) is 13.4 Å². The van der Waals surface area contributed by atoms with Crippen molar-refractivity contribution in [2.24, 2.45) is 0 Å². The molecule has 0 radical (unpaired) electrons. The van der Waals surface area contributed by atoms with E-state index in [0.29, 0.717) is 11.4 Å². The van der Waals surface area contributed by atoms with Gasteiger partial charge < -0.3 is 4.98 Å². The molecule has 1 aromatic heterocycles. The number of benzene rings is 1. The highest BCUT2D eigenvalue weighted by Gasteiger charge is 2.15. The normalized spacial score (nSPS) is 11.6. The van der Waals surface area contributed by atoms with Crippen LogP contribution in [0.2, 0.25) is 0 Å². The molecular weight excluding hydrogens is 236 g/mol. The lowest BCUT2D eigenvalue weighted by molar-refractivity contribution is 0.580. The Balaban J connectivity index is 2.17. The van der Waals surface area contributed by atoms with E-state index in [9.17, 15) is 8.42 Å². The molecule has 1 heterocycles. The Labute approximate surface area is 101 Å². The number of nitrogens with one attached hydrogen (secondary N) is 2. The fourth-order valence-electron chi connectivity index (χ4n) is 1.58. The van der Waals surface area contributed by atoms with E-state index in [1.807, 2.05) is 12.1 Å². The maximum absolute atomic E-state index is 12.0. The molecule has 90 valence electrons. The van der Waals surface area contributed by atoms with Gasteiger partial charge in [0.05, 0.1) is 4.90 Å². The molecule has 4 nitrogen and oxygen atoms in total. The molecule has 0 fully saturated rings. The van der Waals surface area contributed by atoms with Crippen molar-refractivity contribution in [3.8, 4) is 0 Å². The number of aromatic amines is 1. The Morgan fingerprint density at radius 2 is 2.00 bits per heavy atom. The number of aromatic nitrogens is 1. The standard InChI is InChI=1S/C12H14N2O2S/c1-10-4-2-3-5-12(10)17(15,16)14-9-11-6-7-13-8-11/h2-8,13-14H,9H2,1H3. The van der Waals surface area contributed by atoms with Crippen LogP contribution < -0.4 is 4.72 Å². The molecule has 0 atom stereocenters. The molecule has 2 rings (SSSR count). The molecule has 0 spiro atoms. The molecule has 0 aliphatic heterocycles. The molecule has 0 aliphatic carbocycles. The molecule has 1 aromatic carbocycles. The van der Waals surface area contributed by atoms with Crippen molar-refractivity contribution < 1.29 is 8.42 Å². The van der Waals surface area contributed by atoms with E-state index in [4.69, 9.17) is 0 Å². The Hall–Kier alpha value is -1.59. The van der Waals surface area contributed by atoms with Gasteiger partial charge in [0.25, 0.3) is 0 Å². The fraction of sp³-hybridized carbons (Fsp3) is 0.167. The summed E-state index contributed by atoms with van der Waals surface area (Å²) in [6.07, 6.45) is 3.53. The first-order chi connectivity index (χ1) is 8.09. The van der Waals surface area contributed by atoms with Crippen molar-refractivity contribution in [1.82, 2.24) is 9.71 Å². The molecule has 0 aliphatic rings. The summed E-state index contributed by atoms with van der Waals surface area (Å²) in [6.45, 7) is 2.07. The summed E-state index contributed by atoms with van der Waals surface area (Å²) in [6, 6.07) is 8.76. The molecule has 0 amide bonds. The van der Waals surface area contributed by atoms with E-state index in [0.717, 1.165) is 11.1 Å². The molecule has 0 saturated heterocycles. The summed E-state index contributed by atoms with van der Waals surface area (Å²) < 4.78 is 26.6. The Bertz CT molecular complexity index is 589. The second kappa shape index (κ2) is 4.73. The summed E-state index contributed by atoms with van der Waals surface area (Å²) >= 11 is 0. The average molecular weight is 250 g/mol. The van der Waals surface area contributed by atoms with Crippen LogP contribution in [0.4, 0.5) is 0 Å². The summed E-state index contributed by atoms with van der Waals surface area (Å²) in [5.41, 5.74) is 1.65. The lowest BCUT2D eigenvalue weighted by Gasteiger charge is -2.08. The van der Waals surface area contributed by atoms with E-state index in [2.05, 4.69) is 9.71 Å². The first kappa shape index (κ1) is 11.9. The molecule has 0 bridgehead atoms. The first-order valence-corrected chi connectivity index (χ1v) is 6.75. The largest absolute Gasteiger partial charge is 0.367 e. The minimum atomic E-state index is -3.43. The second-order valence-corrected chi connectivity index (χ2v) is 5.54.